The van der Waals surface area contributed by atoms with E-state index in [9.17, 15) is 4.39 Å². The van der Waals surface area contributed by atoms with E-state index in [1.165, 1.54) is 6.07 Å². The molecule has 1 unspecified atom stereocenters. The van der Waals surface area contributed by atoms with Gasteiger partial charge in [-0.3, -0.25) is 0 Å². The van der Waals surface area contributed by atoms with Gasteiger partial charge in [0.2, 0.25) is 0 Å². The quantitative estimate of drug-likeness (QED) is 0.655. The van der Waals surface area contributed by atoms with Gasteiger partial charge >= 0.3 is 0 Å². The summed E-state index contributed by atoms with van der Waals surface area (Å²) in [7, 11) is 0. The van der Waals surface area contributed by atoms with Crippen LogP contribution in [-0.4, -0.2) is 5.38 Å². The molecule has 84 valence electrons. The molecule has 0 N–H and O–H groups in total. The Bertz CT molecular complexity index is 294. The summed E-state index contributed by atoms with van der Waals surface area (Å²) >= 11 is 6.31. The molecule has 0 amide bonds. The first-order valence-electron chi connectivity index (χ1n) is 5.55. The zero-order valence-corrected chi connectivity index (χ0v) is 10.1. The smallest absolute Gasteiger partial charge is 0.123 e. The molecular formula is C13H18ClF. The van der Waals surface area contributed by atoms with Crippen LogP contribution in [0.25, 0.3) is 0 Å². The van der Waals surface area contributed by atoms with E-state index in [-0.39, 0.29) is 11.2 Å². The molecule has 1 aromatic rings. The van der Waals surface area contributed by atoms with Gasteiger partial charge in [0.05, 0.1) is 0 Å². The largest absolute Gasteiger partial charge is 0.207 e. The minimum atomic E-state index is -0.180. The highest BCUT2D eigenvalue weighted by Crippen LogP contribution is 2.22. The SMILES string of the molecule is CCC(CC)C(Cl)Cc1cccc(F)c1. The zero-order valence-electron chi connectivity index (χ0n) is 9.34. The second-order valence-electron chi connectivity index (χ2n) is 3.93. The van der Waals surface area contributed by atoms with E-state index in [4.69, 9.17) is 11.6 Å². The third-order valence-electron chi connectivity index (χ3n) is 2.88. The lowest BCUT2D eigenvalue weighted by Gasteiger charge is -2.19. The van der Waals surface area contributed by atoms with E-state index in [1.807, 2.05) is 6.07 Å². The minimum absolute atomic E-state index is 0.113. The predicted molar refractivity (Wildman–Crippen MR) is 63.8 cm³/mol. The Labute approximate surface area is 96.5 Å². The Balaban J connectivity index is 2.61. The van der Waals surface area contributed by atoms with Crippen molar-refractivity contribution in [2.24, 2.45) is 5.92 Å². The maximum absolute atomic E-state index is 12.9. The highest BCUT2D eigenvalue weighted by molar-refractivity contribution is 6.20. The van der Waals surface area contributed by atoms with Crippen LogP contribution in [0.15, 0.2) is 24.3 Å². The molecule has 0 fully saturated rings. The van der Waals surface area contributed by atoms with Gasteiger partial charge in [-0.25, -0.2) is 4.39 Å². The van der Waals surface area contributed by atoms with Crippen LogP contribution >= 0.6 is 11.6 Å². The molecule has 0 nitrogen and oxygen atoms in total. The number of hydrogen-bond acceptors (Lipinski definition) is 0. The molecule has 0 spiro atoms. The highest BCUT2D eigenvalue weighted by Gasteiger charge is 2.16. The monoisotopic (exact) mass is 228 g/mol. The maximum Gasteiger partial charge on any atom is 0.123 e. The van der Waals surface area contributed by atoms with Crippen molar-refractivity contribution in [2.75, 3.05) is 0 Å². The fourth-order valence-corrected chi connectivity index (χ4v) is 2.39. The molecular weight excluding hydrogens is 211 g/mol. The first-order valence-corrected chi connectivity index (χ1v) is 5.99. The molecule has 0 aliphatic rings. The second-order valence-corrected chi connectivity index (χ2v) is 4.49. The molecule has 0 aliphatic heterocycles. The van der Waals surface area contributed by atoms with Gasteiger partial charge in [-0.1, -0.05) is 38.8 Å². The zero-order chi connectivity index (χ0) is 11.3. The normalized spacial score (nSPS) is 13.1. The third-order valence-corrected chi connectivity index (χ3v) is 3.39. The number of hydrogen-bond donors (Lipinski definition) is 0. The van der Waals surface area contributed by atoms with Gasteiger partial charge < -0.3 is 0 Å². The van der Waals surface area contributed by atoms with Gasteiger partial charge in [-0.05, 0) is 30.0 Å². The van der Waals surface area contributed by atoms with Gasteiger partial charge in [0.15, 0.2) is 0 Å². The van der Waals surface area contributed by atoms with Crippen LogP contribution in [0.1, 0.15) is 32.3 Å². The first kappa shape index (κ1) is 12.5. The topological polar surface area (TPSA) is 0 Å². The van der Waals surface area contributed by atoms with Gasteiger partial charge in [-0.15, -0.1) is 11.6 Å². The molecule has 1 rings (SSSR count). The van der Waals surface area contributed by atoms with E-state index in [1.54, 1.807) is 12.1 Å². The van der Waals surface area contributed by atoms with Crippen molar-refractivity contribution >= 4 is 11.6 Å². The van der Waals surface area contributed by atoms with Crippen LogP contribution in [0, 0.1) is 11.7 Å². The lowest BCUT2D eigenvalue weighted by molar-refractivity contribution is 0.463. The summed E-state index contributed by atoms with van der Waals surface area (Å²) < 4.78 is 12.9. The van der Waals surface area contributed by atoms with E-state index in [0.29, 0.717) is 5.92 Å². The van der Waals surface area contributed by atoms with Crippen molar-refractivity contribution in [3.8, 4) is 0 Å². The average molecular weight is 229 g/mol. The van der Waals surface area contributed by atoms with E-state index in [0.717, 1.165) is 24.8 Å². The number of alkyl halides is 1. The summed E-state index contributed by atoms with van der Waals surface area (Å²) in [4.78, 5) is 0. The standard InChI is InChI=1S/C13H18ClF/c1-3-11(4-2)13(14)9-10-6-5-7-12(15)8-10/h5-8,11,13H,3-4,9H2,1-2H3. The van der Waals surface area contributed by atoms with Crippen LogP contribution in [0.5, 0.6) is 0 Å². The van der Waals surface area contributed by atoms with Crippen LogP contribution in [0.2, 0.25) is 0 Å². The Morgan fingerprint density at radius 2 is 1.93 bits per heavy atom. The van der Waals surface area contributed by atoms with Crippen molar-refractivity contribution in [1.29, 1.82) is 0 Å². The Morgan fingerprint density at radius 1 is 1.27 bits per heavy atom. The second kappa shape index (κ2) is 6.12. The Morgan fingerprint density at radius 3 is 2.47 bits per heavy atom. The lowest BCUT2D eigenvalue weighted by Crippen LogP contribution is -2.16. The Kier molecular flexibility index (Phi) is 5.10. The van der Waals surface area contributed by atoms with Gasteiger partial charge in [0.1, 0.15) is 5.82 Å². The molecule has 0 bridgehead atoms. The fraction of sp³-hybridized carbons (Fsp3) is 0.538. The predicted octanol–water partition coefficient (Wildman–Crippen LogP) is 4.41. The molecule has 0 aliphatic carbocycles. The van der Waals surface area contributed by atoms with Crippen molar-refractivity contribution in [2.45, 2.75) is 38.5 Å². The summed E-state index contributed by atoms with van der Waals surface area (Å²) in [6.45, 7) is 4.30. The fourth-order valence-electron chi connectivity index (χ4n) is 1.86. The van der Waals surface area contributed by atoms with Crippen molar-refractivity contribution < 1.29 is 4.39 Å². The summed E-state index contributed by atoms with van der Waals surface area (Å²) in [6.07, 6.45) is 2.92. The van der Waals surface area contributed by atoms with E-state index < -0.39 is 0 Å². The van der Waals surface area contributed by atoms with Crippen LogP contribution in [0.3, 0.4) is 0 Å². The molecule has 15 heavy (non-hydrogen) atoms. The van der Waals surface area contributed by atoms with E-state index >= 15 is 0 Å². The minimum Gasteiger partial charge on any atom is -0.207 e. The molecule has 1 atom stereocenters. The first-order chi connectivity index (χ1) is 7.17. The van der Waals surface area contributed by atoms with Crippen molar-refractivity contribution in [3.05, 3.63) is 35.6 Å². The molecule has 0 saturated carbocycles. The summed E-state index contributed by atoms with van der Waals surface area (Å²) in [6, 6.07) is 6.70. The van der Waals surface area contributed by atoms with E-state index in [2.05, 4.69) is 13.8 Å². The molecule has 0 heterocycles. The third kappa shape index (κ3) is 3.83. The molecule has 0 saturated heterocycles. The van der Waals surface area contributed by atoms with Gasteiger partial charge in [-0.2, -0.15) is 0 Å². The van der Waals surface area contributed by atoms with Crippen LogP contribution in [0.4, 0.5) is 4.39 Å². The maximum atomic E-state index is 12.9. The summed E-state index contributed by atoms with van der Waals surface area (Å²) in [5.74, 6) is 0.343. The average Bonchev–Trinajstić information content (AvgIpc) is 2.19. The number of benzene rings is 1. The van der Waals surface area contributed by atoms with Gasteiger partial charge in [0.25, 0.3) is 0 Å². The molecule has 0 radical (unpaired) electrons. The van der Waals surface area contributed by atoms with Crippen molar-refractivity contribution in [1.82, 2.24) is 0 Å². The highest BCUT2D eigenvalue weighted by atomic mass is 35.5. The molecule has 2 heteroatoms. The lowest BCUT2D eigenvalue weighted by atomic mass is 9.94. The molecule has 0 aromatic heterocycles. The summed E-state index contributed by atoms with van der Waals surface area (Å²) in [5, 5.41) is 0.113. The number of halogens is 2. The van der Waals surface area contributed by atoms with Crippen LogP contribution in [-0.2, 0) is 6.42 Å². The molecule has 1 aromatic carbocycles. The van der Waals surface area contributed by atoms with Crippen LogP contribution < -0.4 is 0 Å². The van der Waals surface area contributed by atoms with Gasteiger partial charge in [0, 0.05) is 5.38 Å². The number of rotatable bonds is 5. The summed E-state index contributed by atoms with van der Waals surface area (Å²) in [5.41, 5.74) is 0.988. The van der Waals surface area contributed by atoms with Crippen molar-refractivity contribution in [3.63, 3.8) is 0 Å². The Hall–Kier alpha value is -0.560.